The SMILES string of the molecule is c1ccc(-c2nc(-c3ccccc3)nc(-c3ccc4c5ccccc5n(-c5cccc6oc7cccc(-c8ccc9ccccc9c8)c7c56)c4c3)n2)cc1. The quantitative estimate of drug-likeness (QED) is 0.180. The third kappa shape index (κ3) is 4.83. The highest BCUT2D eigenvalue weighted by Crippen LogP contribution is 2.43. The maximum atomic E-state index is 6.63. The molecule has 3 aromatic heterocycles. The number of para-hydroxylation sites is 1. The summed E-state index contributed by atoms with van der Waals surface area (Å²) in [4.78, 5) is 15.1. The van der Waals surface area contributed by atoms with Gasteiger partial charge in [-0.3, -0.25) is 0 Å². The van der Waals surface area contributed by atoms with Crippen molar-refractivity contribution in [3.8, 4) is 51.0 Å². The molecule has 0 radical (unpaired) electrons. The Bertz CT molecular complexity index is 3160. The molecule has 0 fully saturated rings. The Balaban J connectivity index is 1.17. The summed E-state index contributed by atoms with van der Waals surface area (Å²) in [6, 6.07) is 63.3. The highest BCUT2D eigenvalue weighted by Gasteiger charge is 2.21. The average Bonchev–Trinajstić information content (AvgIpc) is 3.80. The molecule has 5 nitrogen and oxygen atoms in total. The highest BCUT2D eigenvalue weighted by atomic mass is 16.3. The monoisotopic (exact) mass is 690 g/mol. The van der Waals surface area contributed by atoms with Gasteiger partial charge < -0.3 is 8.98 Å². The summed E-state index contributed by atoms with van der Waals surface area (Å²) in [6.45, 7) is 0. The van der Waals surface area contributed by atoms with Crippen molar-refractivity contribution in [3.63, 3.8) is 0 Å². The van der Waals surface area contributed by atoms with Gasteiger partial charge in [0.05, 0.1) is 22.1 Å². The third-order valence-corrected chi connectivity index (χ3v) is 10.4. The number of fused-ring (bicyclic) bond motifs is 7. The second-order valence-corrected chi connectivity index (χ2v) is 13.6. The molecule has 0 atom stereocenters. The molecule has 0 amide bonds. The Morgan fingerprint density at radius 2 is 0.963 bits per heavy atom. The molecule has 0 unspecified atom stereocenters. The normalized spacial score (nSPS) is 11.7. The van der Waals surface area contributed by atoms with Crippen molar-refractivity contribution >= 4 is 54.5 Å². The molecule has 54 heavy (non-hydrogen) atoms. The largest absolute Gasteiger partial charge is 0.456 e. The van der Waals surface area contributed by atoms with Gasteiger partial charge in [0.2, 0.25) is 0 Å². The van der Waals surface area contributed by atoms with Crippen LogP contribution >= 0.6 is 0 Å². The zero-order chi connectivity index (χ0) is 35.6. The minimum absolute atomic E-state index is 0.618. The molecule has 0 aliphatic carbocycles. The third-order valence-electron chi connectivity index (χ3n) is 10.4. The Hall–Kier alpha value is -7.37. The fourth-order valence-electron chi connectivity index (χ4n) is 7.94. The van der Waals surface area contributed by atoms with E-state index in [9.17, 15) is 0 Å². The van der Waals surface area contributed by atoms with Crippen LogP contribution in [0.15, 0.2) is 186 Å². The lowest BCUT2D eigenvalue weighted by Gasteiger charge is -2.12. The predicted octanol–water partition coefficient (Wildman–Crippen LogP) is 12.7. The van der Waals surface area contributed by atoms with Crippen molar-refractivity contribution < 1.29 is 4.42 Å². The van der Waals surface area contributed by atoms with Crippen LogP contribution in [0.3, 0.4) is 0 Å². The summed E-state index contributed by atoms with van der Waals surface area (Å²) in [6.07, 6.45) is 0. The molecule has 5 heteroatoms. The summed E-state index contributed by atoms with van der Waals surface area (Å²) in [5, 5.41) is 6.91. The van der Waals surface area contributed by atoms with E-state index < -0.39 is 0 Å². The Labute approximate surface area is 310 Å². The van der Waals surface area contributed by atoms with Gasteiger partial charge in [-0.05, 0) is 58.3 Å². The summed E-state index contributed by atoms with van der Waals surface area (Å²) < 4.78 is 9.00. The fraction of sp³-hybridized carbons (Fsp3) is 0. The molecule has 0 spiro atoms. The van der Waals surface area contributed by atoms with Gasteiger partial charge in [-0.15, -0.1) is 0 Å². The maximum Gasteiger partial charge on any atom is 0.164 e. The number of furan rings is 1. The van der Waals surface area contributed by atoms with Crippen LogP contribution in [0.5, 0.6) is 0 Å². The van der Waals surface area contributed by atoms with Crippen molar-refractivity contribution in [2.24, 2.45) is 0 Å². The van der Waals surface area contributed by atoms with Gasteiger partial charge in [0, 0.05) is 32.8 Å². The minimum Gasteiger partial charge on any atom is -0.456 e. The number of hydrogen-bond donors (Lipinski definition) is 0. The first-order valence-electron chi connectivity index (χ1n) is 18.1. The molecule has 11 aromatic rings. The number of nitrogens with zero attached hydrogens (tertiary/aromatic N) is 4. The maximum absolute atomic E-state index is 6.63. The van der Waals surface area contributed by atoms with Gasteiger partial charge in [0.25, 0.3) is 0 Å². The number of rotatable bonds is 5. The van der Waals surface area contributed by atoms with E-state index in [2.05, 4.69) is 126 Å². The first kappa shape index (κ1) is 30.3. The van der Waals surface area contributed by atoms with Crippen LogP contribution in [-0.4, -0.2) is 19.5 Å². The smallest absolute Gasteiger partial charge is 0.164 e. The van der Waals surface area contributed by atoms with Gasteiger partial charge in [0.1, 0.15) is 11.2 Å². The summed E-state index contributed by atoms with van der Waals surface area (Å²) in [5.74, 6) is 1.89. The first-order valence-corrected chi connectivity index (χ1v) is 18.1. The standard InChI is InChI=1S/C49H30N4O/c1-3-14-32(15-4-1)47-50-48(33-16-5-2-6-17-33)52-49(51-47)36-27-28-39-38-19-9-10-21-40(38)53(42(39)30-36)41-22-12-24-44-46(41)45-37(20-11-23-43(45)54-44)35-26-25-31-13-7-8-18-34(31)29-35/h1-30H. The molecule has 252 valence electrons. The van der Waals surface area contributed by atoms with Crippen molar-refractivity contribution in [1.29, 1.82) is 0 Å². The van der Waals surface area contributed by atoms with Gasteiger partial charge in [-0.2, -0.15) is 0 Å². The van der Waals surface area contributed by atoms with Gasteiger partial charge in [-0.25, -0.2) is 15.0 Å². The van der Waals surface area contributed by atoms with Crippen LogP contribution < -0.4 is 0 Å². The molecule has 0 saturated heterocycles. The van der Waals surface area contributed by atoms with Gasteiger partial charge >= 0.3 is 0 Å². The average molecular weight is 691 g/mol. The number of aromatic nitrogens is 4. The van der Waals surface area contributed by atoms with Gasteiger partial charge in [-0.1, -0.05) is 146 Å². The molecule has 8 aromatic carbocycles. The Kier molecular flexibility index (Phi) is 6.79. The second kappa shape index (κ2) is 12.1. The molecule has 0 aliphatic rings. The predicted molar refractivity (Wildman–Crippen MR) is 221 cm³/mol. The molecular weight excluding hydrogens is 661 g/mol. The minimum atomic E-state index is 0.618. The molecule has 3 heterocycles. The molecule has 0 N–H and O–H groups in total. The van der Waals surface area contributed by atoms with Gasteiger partial charge in [0.15, 0.2) is 17.5 Å². The van der Waals surface area contributed by atoms with Crippen LogP contribution in [0.1, 0.15) is 0 Å². The van der Waals surface area contributed by atoms with Crippen LogP contribution in [0.25, 0.3) is 105 Å². The topological polar surface area (TPSA) is 56.7 Å². The first-order chi connectivity index (χ1) is 26.8. The number of benzene rings is 8. The van der Waals surface area contributed by atoms with Crippen LogP contribution in [0, 0.1) is 0 Å². The molecule has 0 saturated carbocycles. The summed E-state index contributed by atoms with van der Waals surface area (Å²) in [7, 11) is 0. The van der Waals surface area contributed by atoms with E-state index >= 15 is 0 Å². The van der Waals surface area contributed by atoms with Crippen LogP contribution in [0.2, 0.25) is 0 Å². The zero-order valence-electron chi connectivity index (χ0n) is 29.0. The van der Waals surface area contributed by atoms with Crippen molar-refractivity contribution in [3.05, 3.63) is 182 Å². The van der Waals surface area contributed by atoms with E-state index in [1.807, 2.05) is 60.7 Å². The lowest BCUT2D eigenvalue weighted by Crippen LogP contribution is -2.00. The van der Waals surface area contributed by atoms with Crippen molar-refractivity contribution in [1.82, 2.24) is 19.5 Å². The van der Waals surface area contributed by atoms with E-state index in [-0.39, 0.29) is 0 Å². The lowest BCUT2D eigenvalue weighted by atomic mass is 9.96. The van der Waals surface area contributed by atoms with E-state index in [0.29, 0.717) is 17.5 Å². The lowest BCUT2D eigenvalue weighted by molar-refractivity contribution is 0.669. The Morgan fingerprint density at radius 3 is 1.72 bits per heavy atom. The number of hydrogen-bond acceptors (Lipinski definition) is 4. The summed E-state index contributed by atoms with van der Waals surface area (Å²) in [5.41, 5.74) is 9.99. The zero-order valence-corrected chi connectivity index (χ0v) is 29.0. The second-order valence-electron chi connectivity index (χ2n) is 13.6. The van der Waals surface area contributed by atoms with E-state index in [1.54, 1.807) is 0 Å². The molecule has 11 rings (SSSR count). The van der Waals surface area contributed by atoms with E-state index in [0.717, 1.165) is 71.9 Å². The van der Waals surface area contributed by atoms with Crippen molar-refractivity contribution in [2.75, 3.05) is 0 Å². The van der Waals surface area contributed by atoms with E-state index in [1.165, 1.54) is 16.2 Å². The summed E-state index contributed by atoms with van der Waals surface area (Å²) >= 11 is 0. The Morgan fingerprint density at radius 1 is 0.370 bits per heavy atom. The fourth-order valence-corrected chi connectivity index (χ4v) is 7.94. The highest BCUT2D eigenvalue weighted by molar-refractivity contribution is 6.18. The van der Waals surface area contributed by atoms with Crippen molar-refractivity contribution in [2.45, 2.75) is 0 Å². The van der Waals surface area contributed by atoms with E-state index in [4.69, 9.17) is 19.4 Å². The van der Waals surface area contributed by atoms with Crippen LogP contribution in [-0.2, 0) is 0 Å². The van der Waals surface area contributed by atoms with Crippen LogP contribution in [0.4, 0.5) is 0 Å². The molecule has 0 aliphatic heterocycles. The molecule has 0 bridgehead atoms. The molecular formula is C49H30N4O.